The average Bonchev–Trinajstić information content (AvgIpc) is 2.85. The zero-order valence-corrected chi connectivity index (χ0v) is 15.7. The largest absolute Gasteiger partial charge is 0.348 e. The third-order valence-electron chi connectivity index (χ3n) is 4.20. The van der Waals surface area contributed by atoms with Crippen molar-refractivity contribution in [3.8, 4) is 0 Å². The van der Waals surface area contributed by atoms with Gasteiger partial charge in [0.2, 0.25) is 5.91 Å². The number of nitrogens with one attached hydrogen (secondary N) is 1. The third kappa shape index (κ3) is 3.60. The van der Waals surface area contributed by atoms with Gasteiger partial charge in [0.1, 0.15) is 11.4 Å². The number of aryl methyl sites for hydroxylation is 2. The van der Waals surface area contributed by atoms with E-state index in [1.165, 1.54) is 22.2 Å². The molecule has 0 saturated carbocycles. The van der Waals surface area contributed by atoms with Crippen LogP contribution >= 0.6 is 22.9 Å². The van der Waals surface area contributed by atoms with Crippen LogP contribution in [0.15, 0.2) is 35.4 Å². The van der Waals surface area contributed by atoms with Gasteiger partial charge in [0, 0.05) is 9.90 Å². The van der Waals surface area contributed by atoms with Crippen LogP contribution in [0.4, 0.5) is 0 Å². The maximum Gasteiger partial charge on any atom is 0.262 e. The number of carbonyl (C=O) groups is 1. The van der Waals surface area contributed by atoms with Crippen LogP contribution in [-0.2, 0) is 11.3 Å². The molecule has 7 heteroatoms. The lowest BCUT2D eigenvalue weighted by atomic mass is 10.1. The molecular formula is C18H18ClN3O2S. The van der Waals surface area contributed by atoms with Crippen molar-refractivity contribution in [2.75, 3.05) is 0 Å². The molecule has 0 fully saturated rings. The molecule has 0 aliphatic rings. The number of fused-ring (bicyclic) bond motifs is 1. The summed E-state index contributed by atoms with van der Waals surface area (Å²) in [5, 5.41) is 4.10. The summed E-state index contributed by atoms with van der Waals surface area (Å²) in [5.41, 5.74) is 1.66. The van der Waals surface area contributed by atoms with Gasteiger partial charge in [0.05, 0.1) is 17.8 Å². The van der Waals surface area contributed by atoms with Gasteiger partial charge < -0.3 is 5.32 Å². The normalized spacial score (nSPS) is 12.3. The fourth-order valence-electron chi connectivity index (χ4n) is 2.68. The molecule has 1 atom stereocenters. The molecule has 0 unspecified atom stereocenters. The van der Waals surface area contributed by atoms with E-state index in [9.17, 15) is 9.59 Å². The van der Waals surface area contributed by atoms with Crippen LogP contribution in [-0.4, -0.2) is 15.5 Å². The van der Waals surface area contributed by atoms with Crippen LogP contribution in [0.1, 0.15) is 29.0 Å². The number of thiophene rings is 1. The maximum absolute atomic E-state index is 12.6. The smallest absolute Gasteiger partial charge is 0.262 e. The summed E-state index contributed by atoms with van der Waals surface area (Å²) in [6, 6.07) is 7.12. The molecule has 5 nitrogen and oxygen atoms in total. The van der Waals surface area contributed by atoms with Crippen molar-refractivity contribution >= 4 is 39.1 Å². The number of amides is 1. The zero-order valence-electron chi connectivity index (χ0n) is 14.2. The Morgan fingerprint density at radius 3 is 2.88 bits per heavy atom. The standard InChI is InChI=1S/C18H18ClN3O2S/c1-10-12(3)25-17-16(10)18(24)22(9-20-17)8-15(23)21-11(2)13-5-4-6-14(19)7-13/h4-7,9,11H,8H2,1-3H3,(H,21,23)/t11-/m0/s1. The highest BCUT2D eigenvalue weighted by Gasteiger charge is 2.15. The molecule has 130 valence electrons. The molecule has 3 aromatic rings. The summed E-state index contributed by atoms with van der Waals surface area (Å²) in [6.45, 7) is 5.68. The molecule has 1 N–H and O–H groups in total. The molecule has 0 aliphatic heterocycles. The summed E-state index contributed by atoms with van der Waals surface area (Å²) in [4.78, 5) is 31.0. The molecular weight excluding hydrogens is 358 g/mol. The Bertz CT molecular complexity index is 1010. The molecule has 1 aromatic carbocycles. The van der Waals surface area contributed by atoms with E-state index in [0.29, 0.717) is 15.2 Å². The highest BCUT2D eigenvalue weighted by molar-refractivity contribution is 7.18. The number of hydrogen-bond acceptors (Lipinski definition) is 4. The molecule has 0 aliphatic carbocycles. The first kappa shape index (κ1) is 17.6. The predicted molar refractivity (Wildman–Crippen MR) is 101 cm³/mol. The number of halogens is 1. The van der Waals surface area contributed by atoms with Gasteiger partial charge in [-0.3, -0.25) is 14.2 Å². The SMILES string of the molecule is Cc1sc2ncn(CC(=O)N[C@@H](C)c3cccc(Cl)c3)c(=O)c2c1C. The fourth-order valence-corrected chi connectivity index (χ4v) is 3.87. The maximum atomic E-state index is 12.6. The minimum absolute atomic E-state index is 0.0684. The monoisotopic (exact) mass is 375 g/mol. The molecule has 1 amide bonds. The Morgan fingerprint density at radius 2 is 2.16 bits per heavy atom. The summed E-state index contributed by atoms with van der Waals surface area (Å²) >= 11 is 7.48. The van der Waals surface area contributed by atoms with Crippen LogP contribution in [0.5, 0.6) is 0 Å². The lowest BCUT2D eigenvalue weighted by molar-refractivity contribution is -0.122. The number of rotatable bonds is 4. The van der Waals surface area contributed by atoms with Crippen molar-refractivity contribution < 1.29 is 4.79 Å². The van der Waals surface area contributed by atoms with Crippen molar-refractivity contribution in [2.45, 2.75) is 33.4 Å². The highest BCUT2D eigenvalue weighted by Crippen LogP contribution is 2.25. The number of benzene rings is 1. The molecule has 0 spiro atoms. The summed E-state index contributed by atoms with van der Waals surface area (Å²) in [5.74, 6) is -0.250. The number of carbonyl (C=O) groups excluding carboxylic acids is 1. The van der Waals surface area contributed by atoms with E-state index in [0.717, 1.165) is 16.0 Å². The van der Waals surface area contributed by atoms with Crippen LogP contribution in [0.3, 0.4) is 0 Å². The second-order valence-electron chi connectivity index (χ2n) is 5.99. The van der Waals surface area contributed by atoms with Crippen molar-refractivity contribution in [2.24, 2.45) is 0 Å². The minimum atomic E-state index is -0.250. The van der Waals surface area contributed by atoms with Crippen LogP contribution in [0.2, 0.25) is 5.02 Å². The lowest BCUT2D eigenvalue weighted by Crippen LogP contribution is -2.34. The van der Waals surface area contributed by atoms with Crippen LogP contribution < -0.4 is 10.9 Å². The molecule has 0 bridgehead atoms. The third-order valence-corrected chi connectivity index (χ3v) is 5.55. The molecule has 3 rings (SSSR count). The second-order valence-corrected chi connectivity index (χ2v) is 7.62. The Morgan fingerprint density at radius 1 is 1.40 bits per heavy atom. The Hall–Kier alpha value is -2.18. The van der Waals surface area contributed by atoms with E-state index in [-0.39, 0.29) is 24.1 Å². The summed E-state index contributed by atoms with van der Waals surface area (Å²) in [6.07, 6.45) is 1.43. The van der Waals surface area contributed by atoms with E-state index in [1.807, 2.05) is 39.0 Å². The van der Waals surface area contributed by atoms with E-state index in [4.69, 9.17) is 11.6 Å². The van der Waals surface area contributed by atoms with Crippen molar-refractivity contribution in [1.82, 2.24) is 14.9 Å². The van der Waals surface area contributed by atoms with Gasteiger partial charge in [0.15, 0.2) is 0 Å². The Kier molecular flexibility index (Phi) is 4.92. The quantitative estimate of drug-likeness (QED) is 0.757. The van der Waals surface area contributed by atoms with E-state index in [1.54, 1.807) is 6.07 Å². The summed E-state index contributed by atoms with van der Waals surface area (Å²) < 4.78 is 1.35. The topological polar surface area (TPSA) is 64.0 Å². The first-order chi connectivity index (χ1) is 11.9. The number of hydrogen-bond donors (Lipinski definition) is 1. The summed E-state index contributed by atoms with van der Waals surface area (Å²) in [7, 11) is 0. The Balaban J connectivity index is 1.79. The van der Waals surface area contributed by atoms with Crippen LogP contribution in [0.25, 0.3) is 10.2 Å². The molecule has 0 radical (unpaired) electrons. The van der Waals surface area contributed by atoms with E-state index in [2.05, 4.69) is 10.3 Å². The highest BCUT2D eigenvalue weighted by atomic mass is 35.5. The van der Waals surface area contributed by atoms with Crippen molar-refractivity contribution in [3.05, 3.63) is 62.0 Å². The Labute approximate surface area is 154 Å². The van der Waals surface area contributed by atoms with E-state index >= 15 is 0 Å². The van der Waals surface area contributed by atoms with E-state index < -0.39 is 0 Å². The van der Waals surface area contributed by atoms with Crippen molar-refractivity contribution in [1.29, 1.82) is 0 Å². The minimum Gasteiger partial charge on any atom is -0.348 e. The van der Waals surface area contributed by atoms with Gasteiger partial charge >= 0.3 is 0 Å². The van der Waals surface area contributed by atoms with Gasteiger partial charge in [-0.15, -0.1) is 11.3 Å². The lowest BCUT2D eigenvalue weighted by Gasteiger charge is -2.15. The van der Waals surface area contributed by atoms with Crippen LogP contribution in [0, 0.1) is 13.8 Å². The molecule has 25 heavy (non-hydrogen) atoms. The average molecular weight is 376 g/mol. The van der Waals surface area contributed by atoms with Gasteiger partial charge in [-0.05, 0) is 44.0 Å². The van der Waals surface area contributed by atoms with Gasteiger partial charge in [-0.1, -0.05) is 23.7 Å². The van der Waals surface area contributed by atoms with Gasteiger partial charge in [-0.2, -0.15) is 0 Å². The molecule has 2 aromatic heterocycles. The predicted octanol–water partition coefficient (Wildman–Crippen LogP) is 3.61. The number of aromatic nitrogens is 2. The first-order valence-corrected chi connectivity index (χ1v) is 9.06. The zero-order chi connectivity index (χ0) is 18.1. The molecule has 2 heterocycles. The second kappa shape index (κ2) is 6.98. The van der Waals surface area contributed by atoms with Gasteiger partial charge in [0.25, 0.3) is 5.56 Å². The molecule has 0 saturated heterocycles. The fraction of sp³-hybridized carbons (Fsp3) is 0.278. The number of nitrogens with zero attached hydrogens (tertiary/aromatic N) is 2. The first-order valence-electron chi connectivity index (χ1n) is 7.86. The van der Waals surface area contributed by atoms with Gasteiger partial charge in [-0.25, -0.2) is 4.98 Å². The van der Waals surface area contributed by atoms with Crippen molar-refractivity contribution in [3.63, 3.8) is 0 Å².